The fourth-order valence-electron chi connectivity index (χ4n) is 1.32. The summed E-state index contributed by atoms with van der Waals surface area (Å²) in [5, 5.41) is 0. The number of carbonyl (C=O) groups excluding carboxylic acids is 1. The van der Waals surface area contributed by atoms with Gasteiger partial charge in [-0.1, -0.05) is 20.8 Å². The first kappa shape index (κ1) is 12.8. The number of rotatable bonds is 3. The normalized spacial score (nSPS) is 13.6. The molecule has 0 bridgehead atoms. The largest absolute Gasteiger partial charge is 0.467 e. The van der Waals surface area contributed by atoms with Crippen LogP contribution in [0.5, 0.6) is 0 Å². The molecule has 1 atom stereocenters. The molecule has 1 amide bonds. The average Bonchev–Trinajstić information content (AvgIpc) is 2.66. The molecule has 0 saturated heterocycles. The minimum absolute atomic E-state index is 0.0658. The zero-order valence-corrected chi connectivity index (χ0v) is 10.4. The van der Waals surface area contributed by atoms with Gasteiger partial charge in [-0.15, -0.1) is 0 Å². The second kappa shape index (κ2) is 4.70. The first-order valence-corrected chi connectivity index (χ1v) is 5.35. The monoisotopic (exact) mass is 224 g/mol. The number of amides is 1. The minimum atomic E-state index is -0.493. The van der Waals surface area contributed by atoms with E-state index in [1.54, 1.807) is 24.3 Å². The first-order chi connectivity index (χ1) is 7.32. The maximum Gasteiger partial charge on any atom is 0.240 e. The molecule has 0 aromatic carbocycles. The van der Waals surface area contributed by atoms with Crippen LogP contribution in [-0.2, 0) is 11.3 Å². The number of carbonyl (C=O) groups is 1. The first-order valence-electron chi connectivity index (χ1n) is 5.35. The minimum Gasteiger partial charge on any atom is -0.467 e. The Hall–Kier alpha value is -1.29. The van der Waals surface area contributed by atoms with Gasteiger partial charge in [0.25, 0.3) is 0 Å². The van der Waals surface area contributed by atoms with Crippen molar-refractivity contribution in [3.05, 3.63) is 24.2 Å². The Morgan fingerprint density at radius 1 is 1.56 bits per heavy atom. The highest BCUT2D eigenvalue weighted by Crippen LogP contribution is 2.19. The Bertz CT molecular complexity index is 338. The quantitative estimate of drug-likeness (QED) is 0.848. The molecule has 0 aliphatic heterocycles. The highest BCUT2D eigenvalue weighted by molar-refractivity contribution is 5.82. The predicted octanol–water partition coefficient (Wildman–Crippen LogP) is 1.61. The maximum atomic E-state index is 12.0. The van der Waals surface area contributed by atoms with E-state index < -0.39 is 6.04 Å². The van der Waals surface area contributed by atoms with E-state index in [1.165, 1.54) is 0 Å². The van der Waals surface area contributed by atoms with Gasteiger partial charge in [-0.25, -0.2) is 0 Å². The molecule has 4 heteroatoms. The number of furan rings is 1. The van der Waals surface area contributed by atoms with Crippen molar-refractivity contribution < 1.29 is 9.21 Å². The molecule has 2 N–H and O–H groups in total. The van der Waals surface area contributed by atoms with Crippen molar-refractivity contribution in [3.8, 4) is 0 Å². The highest BCUT2D eigenvalue weighted by atomic mass is 16.3. The Labute approximate surface area is 96.4 Å². The summed E-state index contributed by atoms with van der Waals surface area (Å²) in [6.07, 6.45) is 1.59. The van der Waals surface area contributed by atoms with Crippen LogP contribution >= 0.6 is 0 Å². The molecule has 0 radical (unpaired) electrons. The number of hydrogen-bond donors (Lipinski definition) is 1. The molecule has 0 fully saturated rings. The van der Waals surface area contributed by atoms with E-state index in [9.17, 15) is 4.79 Å². The summed E-state index contributed by atoms with van der Waals surface area (Å²) in [5.41, 5.74) is 5.67. The molecular weight excluding hydrogens is 204 g/mol. The summed E-state index contributed by atoms with van der Waals surface area (Å²) in [7, 11) is 1.73. The smallest absolute Gasteiger partial charge is 0.240 e. The van der Waals surface area contributed by atoms with E-state index in [0.717, 1.165) is 5.76 Å². The van der Waals surface area contributed by atoms with Gasteiger partial charge in [0.2, 0.25) is 5.91 Å². The van der Waals surface area contributed by atoms with Crippen molar-refractivity contribution in [3.63, 3.8) is 0 Å². The van der Waals surface area contributed by atoms with Crippen molar-refractivity contribution in [2.24, 2.45) is 11.1 Å². The zero-order chi connectivity index (χ0) is 12.3. The Kier molecular flexibility index (Phi) is 3.75. The van der Waals surface area contributed by atoms with E-state index in [1.807, 2.05) is 26.8 Å². The lowest BCUT2D eigenvalue weighted by Crippen LogP contribution is -2.48. The van der Waals surface area contributed by atoms with Crippen LogP contribution in [-0.4, -0.2) is 23.9 Å². The molecule has 1 heterocycles. The van der Waals surface area contributed by atoms with E-state index in [-0.39, 0.29) is 11.3 Å². The SMILES string of the molecule is CN(Cc1ccco1)C(=O)[C@@H](N)C(C)(C)C. The maximum absolute atomic E-state index is 12.0. The summed E-state index contributed by atoms with van der Waals surface area (Å²) < 4.78 is 5.18. The summed E-state index contributed by atoms with van der Waals surface area (Å²) in [4.78, 5) is 13.6. The van der Waals surface area contributed by atoms with Crippen LogP contribution in [0.25, 0.3) is 0 Å². The lowest BCUT2D eigenvalue weighted by molar-refractivity contribution is -0.134. The second-order valence-electron chi connectivity index (χ2n) is 5.12. The van der Waals surface area contributed by atoms with Gasteiger partial charge in [0.05, 0.1) is 18.8 Å². The molecule has 0 aliphatic rings. The molecule has 1 rings (SSSR count). The Morgan fingerprint density at radius 2 is 2.19 bits per heavy atom. The van der Waals surface area contributed by atoms with Gasteiger partial charge in [0.1, 0.15) is 5.76 Å². The molecule has 0 spiro atoms. The van der Waals surface area contributed by atoms with E-state index in [2.05, 4.69) is 0 Å². The third kappa shape index (κ3) is 3.10. The Balaban J connectivity index is 2.61. The van der Waals surface area contributed by atoms with Gasteiger partial charge in [-0.3, -0.25) is 4.79 Å². The van der Waals surface area contributed by atoms with Crippen LogP contribution in [0.2, 0.25) is 0 Å². The van der Waals surface area contributed by atoms with E-state index in [4.69, 9.17) is 10.2 Å². The number of hydrogen-bond acceptors (Lipinski definition) is 3. The number of likely N-dealkylation sites (N-methyl/N-ethyl adjacent to an activating group) is 1. The fourth-order valence-corrected chi connectivity index (χ4v) is 1.32. The van der Waals surface area contributed by atoms with Crippen molar-refractivity contribution >= 4 is 5.91 Å². The predicted molar refractivity (Wildman–Crippen MR) is 62.6 cm³/mol. The van der Waals surface area contributed by atoms with Crippen molar-refractivity contribution in [2.45, 2.75) is 33.4 Å². The molecule has 0 unspecified atom stereocenters. The topological polar surface area (TPSA) is 59.5 Å². The molecule has 1 aromatic heterocycles. The summed E-state index contributed by atoms with van der Waals surface area (Å²) in [6, 6.07) is 3.15. The molecule has 0 aliphatic carbocycles. The summed E-state index contributed by atoms with van der Waals surface area (Å²) in [6.45, 7) is 6.32. The van der Waals surface area contributed by atoms with Gasteiger partial charge in [-0.05, 0) is 17.5 Å². The van der Waals surface area contributed by atoms with Crippen molar-refractivity contribution in [1.29, 1.82) is 0 Å². The van der Waals surface area contributed by atoms with Gasteiger partial charge in [0.15, 0.2) is 0 Å². The summed E-state index contributed by atoms with van der Waals surface area (Å²) >= 11 is 0. The molecule has 90 valence electrons. The lowest BCUT2D eigenvalue weighted by Gasteiger charge is -2.29. The van der Waals surface area contributed by atoms with Crippen LogP contribution in [0.4, 0.5) is 0 Å². The zero-order valence-electron chi connectivity index (χ0n) is 10.4. The van der Waals surface area contributed by atoms with Gasteiger partial charge < -0.3 is 15.1 Å². The van der Waals surface area contributed by atoms with E-state index in [0.29, 0.717) is 6.54 Å². The third-order valence-corrected chi connectivity index (χ3v) is 2.55. The average molecular weight is 224 g/mol. The lowest BCUT2D eigenvalue weighted by atomic mass is 9.86. The molecule has 16 heavy (non-hydrogen) atoms. The van der Waals surface area contributed by atoms with Crippen LogP contribution in [0, 0.1) is 5.41 Å². The second-order valence-corrected chi connectivity index (χ2v) is 5.12. The molecule has 4 nitrogen and oxygen atoms in total. The standard InChI is InChI=1S/C12H20N2O2/c1-12(2,3)10(13)11(15)14(4)8-9-6-5-7-16-9/h5-7,10H,8,13H2,1-4H3/t10-/m1/s1. The number of nitrogens with zero attached hydrogens (tertiary/aromatic N) is 1. The van der Waals surface area contributed by atoms with Crippen LogP contribution in [0.15, 0.2) is 22.8 Å². The highest BCUT2D eigenvalue weighted by Gasteiger charge is 2.29. The van der Waals surface area contributed by atoms with Crippen LogP contribution < -0.4 is 5.73 Å². The molecular formula is C12H20N2O2. The number of nitrogens with two attached hydrogens (primary N) is 1. The Morgan fingerprint density at radius 3 is 2.62 bits per heavy atom. The van der Waals surface area contributed by atoms with Gasteiger partial charge in [-0.2, -0.15) is 0 Å². The third-order valence-electron chi connectivity index (χ3n) is 2.55. The van der Waals surface area contributed by atoms with Crippen LogP contribution in [0.3, 0.4) is 0 Å². The van der Waals surface area contributed by atoms with E-state index >= 15 is 0 Å². The summed E-state index contributed by atoms with van der Waals surface area (Å²) in [5.74, 6) is 0.695. The molecule has 1 aromatic rings. The molecule has 0 saturated carbocycles. The van der Waals surface area contributed by atoms with Crippen molar-refractivity contribution in [1.82, 2.24) is 4.90 Å². The van der Waals surface area contributed by atoms with Crippen molar-refractivity contribution in [2.75, 3.05) is 7.05 Å². The van der Waals surface area contributed by atoms with Gasteiger partial charge in [0, 0.05) is 7.05 Å². The fraction of sp³-hybridized carbons (Fsp3) is 0.583. The van der Waals surface area contributed by atoms with Gasteiger partial charge >= 0.3 is 0 Å². The van der Waals surface area contributed by atoms with Crippen LogP contribution in [0.1, 0.15) is 26.5 Å².